The molecule has 15 heavy (non-hydrogen) atoms. The molecule has 0 saturated carbocycles. The second kappa shape index (κ2) is 5.94. The van der Waals surface area contributed by atoms with E-state index in [1.165, 1.54) is 0 Å². The van der Waals surface area contributed by atoms with Crippen molar-refractivity contribution in [2.75, 3.05) is 13.2 Å². The molecule has 3 N–H and O–H groups in total. The van der Waals surface area contributed by atoms with Crippen LogP contribution in [0, 0.1) is 0 Å². The molecule has 7 heteroatoms. The van der Waals surface area contributed by atoms with Gasteiger partial charge in [-0.3, -0.25) is 10.2 Å². The average molecular weight is 224 g/mol. The number of ether oxygens (including phenoxy) is 2. The summed E-state index contributed by atoms with van der Waals surface area (Å²) in [4.78, 5) is 11.0. The molecule has 1 fully saturated rings. The maximum Gasteiger partial charge on any atom is 0.263 e. The van der Waals surface area contributed by atoms with E-state index in [1.54, 1.807) is 0 Å². The van der Waals surface area contributed by atoms with Crippen molar-refractivity contribution >= 4 is 5.91 Å². The van der Waals surface area contributed by atoms with Gasteiger partial charge < -0.3 is 9.47 Å². The van der Waals surface area contributed by atoms with Crippen LogP contribution < -0.4 is 11.3 Å². The molecule has 0 aromatic heterocycles. The Labute approximate surface area is 85.9 Å². The van der Waals surface area contributed by atoms with Crippen molar-refractivity contribution in [1.82, 2.24) is 5.43 Å². The predicted molar refractivity (Wildman–Crippen MR) is 47.0 cm³/mol. The molecule has 1 aliphatic heterocycles. The van der Waals surface area contributed by atoms with Gasteiger partial charge in [-0.1, -0.05) is 0 Å². The molecule has 1 saturated heterocycles. The fourth-order valence-electron chi connectivity index (χ4n) is 1.40. The van der Waals surface area contributed by atoms with Gasteiger partial charge in [0.05, 0.1) is 12.7 Å². The zero-order valence-corrected chi connectivity index (χ0v) is 8.12. The van der Waals surface area contributed by atoms with Crippen LogP contribution in [-0.4, -0.2) is 37.8 Å². The first kappa shape index (κ1) is 12.3. The largest absolute Gasteiger partial charge is 0.373 e. The summed E-state index contributed by atoms with van der Waals surface area (Å²) in [7, 11) is 0. The van der Waals surface area contributed by atoms with E-state index in [0.29, 0.717) is 12.8 Å². The van der Waals surface area contributed by atoms with Crippen LogP contribution in [-0.2, 0) is 14.3 Å². The van der Waals surface area contributed by atoms with Crippen LogP contribution in [0.1, 0.15) is 12.8 Å². The number of amides is 1. The molecule has 0 bridgehead atoms. The van der Waals surface area contributed by atoms with Crippen LogP contribution in [0.3, 0.4) is 0 Å². The van der Waals surface area contributed by atoms with E-state index in [0.717, 1.165) is 0 Å². The fourth-order valence-corrected chi connectivity index (χ4v) is 1.40. The van der Waals surface area contributed by atoms with Gasteiger partial charge in [-0.2, -0.15) is 0 Å². The summed E-state index contributed by atoms with van der Waals surface area (Å²) < 4.78 is 33.4. The minimum Gasteiger partial charge on any atom is -0.373 e. The van der Waals surface area contributed by atoms with Crippen LogP contribution >= 0.6 is 0 Å². The second-order valence-electron chi connectivity index (χ2n) is 3.26. The summed E-state index contributed by atoms with van der Waals surface area (Å²) in [5.74, 6) is 4.53. The number of hydrazine groups is 1. The lowest BCUT2D eigenvalue weighted by Crippen LogP contribution is -2.39. The van der Waals surface area contributed by atoms with Crippen molar-refractivity contribution in [3.8, 4) is 0 Å². The third-order valence-corrected chi connectivity index (χ3v) is 2.09. The van der Waals surface area contributed by atoms with E-state index in [2.05, 4.69) is 0 Å². The lowest BCUT2D eigenvalue weighted by molar-refractivity contribution is -0.133. The molecule has 0 aliphatic carbocycles. The van der Waals surface area contributed by atoms with Crippen molar-refractivity contribution < 1.29 is 23.0 Å². The summed E-state index contributed by atoms with van der Waals surface area (Å²) in [6, 6.07) is 0. The summed E-state index contributed by atoms with van der Waals surface area (Å²) in [6.45, 7) is -0.522. The first-order valence-corrected chi connectivity index (χ1v) is 4.65. The molecule has 0 aromatic carbocycles. The third-order valence-electron chi connectivity index (χ3n) is 2.09. The van der Waals surface area contributed by atoms with E-state index in [1.807, 2.05) is 5.43 Å². The van der Waals surface area contributed by atoms with E-state index in [9.17, 15) is 13.6 Å². The van der Waals surface area contributed by atoms with Gasteiger partial charge in [0.2, 0.25) is 0 Å². The number of carbonyl (C=O) groups excluding carboxylic acids is 1. The first-order valence-electron chi connectivity index (χ1n) is 4.65. The summed E-state index contributed by atoms with van der Waals surface area (Å²) in [5.41, 5.74) is 1.98. The van der Waals surface area contributed by atoms with Gasteiger partial charge in [0.1, 0.15) is 12.7 Å². The summed E-state index contributed by atoms with van der Waals surface area (Å²) in [5, 5.41) is 0. The molecule has 88 valence electrons. The van der Waals surface area contributed by atoms with Gasteiger partial charge in [-0.25, -0.2) is 14.6 Å². The zero-order chi connectivity index (χ0) is 11.3. The number of hydrogen-bond acceptors (Lipinski definition) is 4. The molecule has 1 amide bonds. The van der Waals surface area contributed by atoms with E-state index in [-0.39, 0.29) is 12.7 Å². The van der Waals surface area contributed by atoms with Crippen molar-refractivity contribution in [3.05, 3.63) is 0 Å². The number of hydrogen-bond donors (Lipinski definition) is 2. The highest BCUT2D eigenvalue weighted by Gasteiger charge is 2.30. The molecule has 2 unspecified atom stereocenters. The highest BCUT2D eigenvalue weighted by atomic mass is 19.3. The zero-order valence-electron chi connectivity index (χ0n) is 8.12. The Balaban J connectivity index is 2.16. The Morgan fingerprint density at radius 1 is 1.60 bits per heavy atom. The number of nitrogens with two attached hydrogens (primary N) is 1. The second-order valence-corrected chi connectivity index (χ2v) is 3.26. The fraction of sp³-hybridized carbons (Fsp3) is 0.875. The van der Waals surface area contributed by atoms with Crippen molar-refractivity contribution in [2.45, 2.75) is 31.5 Å². The Bertz CT molecular complexity index is 216. The molecule has 5 nitrogen and oxygen atoms in total. The topological polar surface area (TPSA) is 73.6 Å². The summed E-state index contributed by atoms with van der Waals surface area (Å²) >= 11 is 0. The standard InChI is InChI=1S/C8H14F2N2O3/c9-7(10)4-14-3-5-1-2-6(15-5)8(13)12-11/h5-7H,1-4,11H2,(H,12,13). The van der Waals surface area contributed by atoms with Gasteiger partial charge in [-0.15, -0.1) is 0 Å². The molecule has 0 radical (unpaired) electrons. The summed E-state index contributed by atoms with van der Waals surface area (Å²) in [6.07, 6.45) is -2.22. The SMILES string of the molecule is NNC(=O)C1CCC(COCC(F)F)O1. The molecule has 0 aromatic rings. The van der Waals surface area contributed by atoms with Crippen LogP contribution in [0.5, 0.6) is 0 Å². The van der Waals surface area contributed by atoms with Crippen molar-refractivity contribution in [1.29, 1.82) is 0 Å². The number of carbonyl (C=O) groups is 1. The molecule has 0 spiro atoms. The molecular weight excluding hydrogens is 210 g/mol. The Kier molecular flexibility index (Phi) is 4.86. The van der Waals surface area contributed by atoms with Gasteiger partial charge in [0, 0.05) is 0 Å². The maximum absolute atomic E-state index is 11.7. The molecule has 2 atom stereocenters. The highest BCUT2D eigenvalue weighted by Crippen LogP contribution is 2.19. The van der Waals surface area contributed by atoms with Crippen molar-refractivity contribution in [3.63, 3.8) is 0 Å². The number of rotatable bonds is 5. The number of halogens is 2. The molecule has 1 aliphatic rings. The van der Waals surface area contributed by atoms with Gasteiger partial charge in [0.25, 0.3) is 12.3 Å². The van der Waals surface area contributed by atoms with Crippen LogP contribution in [0.4, 0.5) is 8.78 Å². The quantitative estimate of drug-likeness (QED) is 0.385. The number of nitrogens with one attached hydrogen (secondary N) is 1. The average Bonchev–Trinajstić information content (AvgIpc) is 2.65. The minimum absolute atomic E-state index is 0.0820. The molecule has 1 rings (SSSR count). The van der Waals surface area contributed by atoms with Crippen molar-refractivity contribution in [2.24, 2.45) is 5.84 Å². The molecular formula is C8H14F2N2O3. The first-order chi connectivity index (χ1) is 7.13. The van der Waals surface area contributed by atoms with Gasteiger partial charge in [0.15, 0.2) is 0 Å². The van der Waals surface area contributed by atoms with Gasteiger partial charge in [-0.05, 0) is 12.8 Å². The van der Waals surface area contributed by atoms with Crippen LogP contribution in [0.25, 0.3) is 0 Å². The monoisotopic (exact) mass is 224 g/mol. The lowest BCUT2D eigenvalue weighted by Gasteiger charge is -2.12. The van der Waals surface area contributed by atoms with Crippen LogP contribution in [0.15, 0.2) is 0 Å². The van der Waals surface area contributed by atoms with E-state index in [4.69, 9.17) is 15.3 Å². The third kappa shape index (κ3) is 4.06. The maximum atomic E-state index is 11.7. The Morgan fingerprint density at radius 2 is 2.33 bits per heavy atom. The van der Waals surface area contributed by atoms with E-state index >= 15 is 0 Å². The highest BCUT2D eigenvalue weighted by molar-refractivity contribution is 5.80. The molecule has 1 heterocycles. The Hall–Kier alpha value is -0.790. The van der Waals surface area contributed by atoms with Gasteiger partial charge >= 0.3 is 0 Å². The predicted octanol–water partition coefficient (Wildman–Crippen LogP) is -0.194. The number of alkyl halides is 2. The lowest BCUT2D eigenvalue weighted by atomic mass is 10.2. The Morgan fingerprint density at radius 3 is 2.93 bits per heavy atom. The normalized spacial score (nSPS) is 25.9. The minimum atomic E-state index is -2.48. The van der Waals surface area contributed by atoms with E-state index < -0.39 is 25.0 Å². The van der Waals surface area contributed by atoms with Crippen LogP contribution in [0.2, 0.25) is 0 Å². The smallest absolute Gasteiger partial charge is 0.263 e.